The van der Waals surface area contributed by atoms with Crippen LogP contribution in [0.1, 0.15) is 24.6 Å². The van der Waals surface area contributed by atoms with Gasteiger partial charge in [-0.05, 0) is 31.5 Å². The van der Waals surface area contributed by atoms with Crippen molar-refractivity contribution in [1.29, 1.82) is 0 Å². The molecular weight excluding hydrogens is 240 g/mol. The van der Waals surface area contributed by atoms with Crippen molar-refractivity contribution in [3.05, 3.63) is 46.8 Å². The summed E-state index contributed by atoms with van der Waals surface area (Å²) in [5.74, 6) is 1.08. The number of aromatic amines is 1. The molecule has 3 heterocycles. The van der Waals surface area contributed by atoms with E-state index in [9.17, 15) is 4.79 Å². The Bertz CT molecular complexity index is 602. The maximum atomic E-state index is 11.8. The van der Waals surface area contributed by atoms with Crippen LogP contribution in [-0.2, 0) is 0 Å². The predicted octanol–water partition coefficient (Wildman–Crippen LogP) is 1.30. The van der Waals surface area contributed by atoms with Gasteiger partial charge in [-0.2, -0.15) is 0 Å². The molecule has 2 aromatic heterocycles. The van der Waals surface area contributed by atoms with Gasteiger partial charge in [0.05, 0.1) is 5.69 Å². The monoisotopic (exact) mass is 256 g/mol. The van der Waals surface area contributed by atoms with Gasteiger partial charge in [0, 0.05) is 36.5 Å². The van der Waals surface area contributed by atoms with Gasteiger partial charge in [0.25, 0.3) is 5.56 Å². The summed E-state index contributed by atoms with van der Waals surface area (Å²) in [7, 11) is 0. The second kappa shape index (κ2) is 5.32. The fourth-order valence-corrected chi connectivity index (χ4v) is 2.43. The number of pyridine rings is 1. The Kier molecular flexibility index (Phi) is 3.37. The van der Waals surface area contributed by atoms with E-state index in [4.69, 9.17) is 0 Å². The standard InChI is InChI=1S/C14H16N4O/c19-13-8-12(10-3-6-15-7-4-10)17-14(18-13)11-2-1-5-16-9-11/h3-4,6-8,11,16H,1-2,5,9H2,(H,17,18,19)/t11-/m1/s1. The highest BCUT2D eigenvalue weighted by molar-refractivity contribution is 5.57. The van der Waals surface area contributed by atoms with Crippen LogP contribution >= 0.6 is 0 Å². The van der Waals surface area contributed by atoms with E-state index < -0.39 is 0 Å². The third kappa shape index (κ3) is 2.71. The van der Waals surface area contributed by atoms with E-state index in [2.05, 4.69) is 20.3 Å². The molecule has 2 N–H and O–H groups in total. The molecule has 1 aliphatic rings. The van der Waals surface area contributed by atoms with Gasteiger partial charge >= 0.3 is 0 Å². The van der Waals surface area contributed by atoms with E-state index in [1.165, 1.54) is 6.07 Å². The van der Waals surface area contributed by atoms with E-state index in [1.807, 2.05) is 12.1 Å². The fraction of sp³-hybridized carbons (Fsp3) is 0.357. The van der Waals surface area contributed by atoms with Gasteiger partial charge in [0.15, 0.2) is 0 Å². The first-order valence-electron chi connectivity index (χ1n) is 6.55. The molecule has 5 heteroatoms. The molecule has 3 rings (SSSR count). The third-order valence-electron chi connectivity index (χ3n) is 3.42. The highest BCUT2D eigenvalue weighted by atomic mass is 16.1. The van der Waals surface area contributed by atoms with Gasteiger partial charge in [0.1, 0.15) is 5.82 Å². The predicted molar refractivity (Wildman–Crippen MR) is 72.9 cm³/mol. The number of piperidine rings is 1. The lowest BCUT2D eigenvalue weighted by molar-refractivity contribution is 0.446. The largest absolute Gasteiger partial charge is 0.316 e. The van der Waals surface area contributed by atoms with Crippen LogP contribution in [0.15, 0.2) is 35.4 Å². The van der Waals surface area contributed by atoms with Crippen LogP contribution in [0.25, 0.3) is 11.3 Å². The number of hydrogen-bond acceptors (Lipinski definition) is 4. The van der Waals surface area contributed by atoms with Crippen LogP contribution in [0.5, 0.6) is 0 Å². The first-order chi connectivity index (χ1) is 9.33. The summed E-state index contributed by atoms with van der Waals surface area (Å²) < 4.78 is 0. The van der Waals surface area contributed by atoms with Gasteiger partial charge in [0.2, 0.25) is 0 Å². The summed E-state index contributed by atoms with van der Waals surface area (Å²) in [6.45, 7) is 1.92. The first kappa shape index (κ1) is 12.0. The minimum Gasteiger partial charge on any atom is -0.316 e. The molecule has 1 aliphatic heterocycles. The van der Waals surface area contributed by atoms with Crippen molar-refractivity contribution in [2.75, 3.05) is 13.1 Å². The zero-order valence-corrected chi connectivity index (χ0v) is 10.6. The molecule has 0 saturated carbocycles. The topological polar surface area (TPSA) is 70.7 Å². The zero-order chi connectivity index (χ0) is 13.1. The summed E-state index contributed by atoms with van der Waals surface area (Å²) in [6, 6.07) is 5.27. The Labute approximate surface area is 111 Å². The lowest BCUT2D eigenvalue weighted by atomic mass is 9.98. The highest BCUT2D eigenvalue weighted by Crippen LogP contribution is 2.21. The molecule has 1 fully saturated rings. The lowest BCUT2D eigenvalue weighted by Gasteiger charge is -2.22. The summed E-state index contributed by atoms with van der Waals surface area (Å²) >= 11 is 0. The molecule has 0 radical (unpaired) electrons. The zero-order valence-electron chi connectivity index (χ0n) is 10.6. The van der Waals surface area contributed by atoms with E-state index in [0.29, 0.717) is 11.6 Å². The Hall–Kier alpha value is -2.01. The summed E-state index contributed by atoms with van der Waals surface area (Å²) in [5.41, 5.74) is 1.54. The number of rotatable bonds is 2. The van der Waals surface area contributed by atoms with Crippen LogP contribution in [0, 0.1) is 0 Å². The minimum absolute atomic E-state index is 0.0950. The molecule has 0 aliphatic carbocycles. The van der Waals surface area contributed by atoms with E-state index in [1.54, 1.807) is 12.4 Å². The average molecular weight is 256 g/mol. The number of hydrogen-bond donors (Lipinski definition) is 2. The molecule has 0 bridgehead atoms. The van der Waals surface area contributed by atoms with Crippen LogP contribution in [-0.4, -0.2) is 28.0 Å². The van der Waals surface area contributed by atoms with Crippen molar-refractivity contribution in [2.45, 2.75) is 18.8 Å². The Morgan fingerprint density at radius 3 is 2.84 bits per heavy atom. The van der Waals surface area contributed by atoms with Crippen molar-refractivity contribution in [1.82, 2.24) is 20.3 Å². The molecule has 0 aromatic carbocycles. The Balaban J connectivity index is 1.98. The van der Waals surface area contributed by atoms with Gasteiger partial charge in [-0.15, -0.1) is 0 Å². The number of aromatic nitrogens is 3. The molecule has 98 valence electrons. The molecule has 5 nitrogen and oxygen atoms in total. The lowest BCUT2D eigenvalue weighted by Crippen LogP contribution is -2.30. The van der Waals surface area contributed by atoms with Crippen molar-refractivity contribution in [3.63, 3.8) is 0 Å². The SMILES string of the molecule is O=c1cc(-c2ccncc2)nc([C@@H]2CCCNC2)[nH]1. The maximum absolute atomic E-state index is 11.8. The molecule has 1 saturated heterocycles. The maximum Gasteiger partial charge on any atom is 0.251 e. The molecular formula is C14H16N4O. The van der Waals surface area contributed by atoms with Gasteiger partial charge in [-0.3, -0.25) is 9.78 Å². The number of nitrogens with zero attached hydrogens (tertiary/aromatic N) is 2. The Morgan fingerprint density at radius 2 is 2.11 bits per heavy atom. The first-order valence-corrected chi connectivity index (χ1v) is 6.55. The van der Waals surface area contributed by atoms with Crippen molar-refractivity contribution < 1.29 is 0 Å². The molecule has 19 heavy (non-hydrogen) atoms. The third-order valence-corrected chi connectivity index (χ3v) is 3.42. The second-order valence-corrected chi connectivity index (χ2v) is 4.80. The van der Waals surface area contributed by atoms with Gasteiger partial charge in [-0.1, -0.05) is 0 Å². The summed E-state index contributed by atoms with van der Waals surface area (Å²) in [4.78, 5) is 23.2. The van der Waals surface area contributed by atoms with E-state index in [0.717, 1.165) is 37.3 Å². The molecule has 1 atom stereocenters. The van der Waals surface area contributed by atoms with E-state index >= 15 is 0 Å². The van der Waals surface area contributed by atoms with Crippen LogP contribution in [0.2, 0.25) is 0 Å². The van der Waals surface area contributed by atoms with Gasteiger partial charge in [-0.25, -0.2) is 4.98 Å². The molecule has 0 unspecified atom stereocenters. The van der Waals surface area contributed by atoms with E-state index in [-0.39, 0.29) is 5.56 Å². The van der Waals surface area contributed by atoms with Crippen molar-refractivity contribution in [3.8, 4) is 11.3 Å². The Morgan fingerprint density at radius 1 is 1.26 bits per heavy atom. The second-order valence-electron chi connectivity index (χ2n) is 4.80. The average Bonchev–Trinajstić information content (AvgIpc) is 2.48. The molecule has 0 amide bonds. The van der Waals surface area contributed by atoms with Crippen molar-refractivity contribution >= 4 is 0 Å². The van der Waals surface area contributed by atoms with Crippen LogP contribution < -0.4 is 10.9 Å². The normalized spacial score (nSPS) is 19.3. The summed E-state index contributed by atoms with van der Waals surface area (Å²) in [5, 5.41) is 3.34. The van der Waals surface area contributed by atoms with Crippen LogP contribution in [0.4, 0.5) is 0 Å². The van der Waals surface area contributed by atoms with Crippen LogP contribution in [0.3, 0.4) is 0 Å². The minimum atomic E-state index is -0.0950. The quantitative estimate of drug-likeness (QED) is 0.849. The summed E-state index contributed by atoms with van der Waals surface area (Å²) in [6.07, 6.45) is 5.60. The number of nitrogens with one attached hydrogen (secondary N) is 2. The molecule has 0 spiro atoms. The highest BCUT2D eigenvalue weighted by Gasteiger charge is 2.18. The van der Waals surface area contributed by atoms with Crippen molar-refractivity contribution in [2.24, 2.45) is 0 Å². The fourth-order valence-electron chi connectivity index (χ4n) is 2.43. The number of H-pyrrole nitrogens is 1. The van der Waals surface area contributed by atoms with Gasteiger partial charge < -0.3 is 10.3 Å². The molecule has 2 aromatic rings. The smallest absolute Gasteiger partial charge is 0.251 e.